The van der Waals surface area contributed by atoms with Crippen LogP contribution in [0.3, 0.4) is 0 Å². The van der Waals surface area contributed by atoms with Gasteiger partial charge >= 0.3 is 0 Å². The second-order valence-corrected chi connectivity index (χ2v) is 3.03. The standard InChI is InChI=1S/C5H6N2OS/c6-5-4-3(7-8-5)1-2-9-4/h1-2,6H2. The SMILES string of the molecule is Nc1onc2c1SCC2. The van der Waals surface area contributed by atoms with Gasteiger partial charge in [0.25, 0.3) is 0 Å². The second-order valence-electron chi connectivity index (χ2n) is 1.92. The van der Waals surface area contributed by atoms with Crippen LogP contribution in [0, 0.1) is 0 Å². The van der Waals surface area contributed by atoms with E-state index in [-0.39, 0.29) is 0 Å². The number of hydrogen-bond donors (Lipinski definition) is 1. The van der Waals surface area contributed by atoms with Gasteiger partial charge in [0.1, 0.15) is 5.69 Å². The fourth-order valence-corrected chi connectivity index (χ4v) is 1.88. The van der Waals surface area contributed by atoms with Gasteiger partial charge in [0.05, 0.1) is 4.90 Å². The van der Waals surface area contributed by atoms with Crippen molar-refractivity contribution in [2.24, 2.45) is 0 Å². The summed E-state index contributed by atoms with van der Waals surface area (Å²) in [5.41, 5.74) is 6.47. The molecule has 0 spiro atoms. The Morgan fingerprint density at radius 3 is 3.33 bits per heavy atom. The van der Waals surface area contributed by atoms with Crippen molar-refractivity contribution in [3.05, 3.63) is 5.69 Å². The van der Waals surface area contributed by atoms with Crippen LogP contribution < -0.4 is 5.73 Å². The molecule has 0 saturated carbocycles. The average molecular weight is 142 g/mol. The van der Waals surface area contributed by atoms with Gasteiger partial charge in [-0.2, -0.15) is 0 Å². The topological polar surface area (TPSA) is 52.0 Å². The van der Waals surface area contributed by atoms with Crippen LogP contribution in [0.5, 0.6) is 0 Å². The van der Waals surface area contributed by atoms with Gasteiger partial charge in [0.2, 0.25) is 5.88 Å². The maximum Gasteiger partial charge on any atom is 0.236 e. The summed E-state index contributed by atoms with van der Waals surface area (Å²) in [5.74, 6) is 1.57. The highest BCUT2D eigenvalue weighted by atomic mass is 32.2. The van der Waals surface area contributed by atoms with Crippen molar-refractivity contribution in [1.82, 2.24) is 5.16 Å². The molecule has 0 radical (unpaired) electrons. The van der Waals surface area contributed by atoms with Crippen molar-refractivity contribution in [2.75, 3.05) is 11.5 Å². The molecule has 9 heavy (non-hydrogen) atoms. The number of thioether (sulfide) groups is 1. The van der Waals surface area contributed by atoms with Crippen LogP contribution >= 0.6 is 11.8 Å². The minimum Gasteiger partial charge on any atom is -0.367 e. The molecule has 2 N–H and O–H groups in total. The Kier molecular flexibility index (Phi) is 0.958. The normalized spacial score (nSPS) is 16.0. The molecule has 48 valence electrons. The van der Waals surface area contributed by atoms with E-state index in [2.05, 4.69) is 5.16 Å². The Labute approximate surface area is 56.6 Å². The smallest absolute Gasteiger partial charge is 0.236 e. The first-order valence-corrected chi connectivity index (χ1v) is 3.73. The number of anilines is 1. The minimum absolute atomic E-state index is 0.479. The molecule has 4 heteroatoms. The van der Waals surface area contributed by atoms with E-state index in [4.69, 9.17) is 10.3 Å². The van der Waals surface area contributed by atoms with Crippen molar-refractivity contribution >= 4 is 17.6 Å². The summed E-state index contributed by atoms with van der Waals surface area (Å²) in [4.78, 5) is 1.05. The lowest BCUT2D eigenvalue weighted by molar-refractivity contribution is 0.428. The van der Waals surface area contributed by atoms with Crippen LogP contribution in [0.15, 0.2) is 9.42 Å². The zero-order chi connectivity index (χ0) is 6.27. The van der Waals surface area contributed by atoms with Gasteiger partial charge in [-0.1, -0.05) is 5.16 Å². The highest BCUT2D eigenvalue weighted by Crippen LogP contribution is 2.34. The Morgan fingerprint density at radius 2 is 2.56 bits per heavy atom. The number of nitrogens with zero attached hydrogens (tertiary/aromatic N) is 1. The van der Waals surface area contributed by atoms with E-state index in [1.165, 1.54) is 0 Å². The van der Waals surface area contributed by atoms with Crippen molar-refractivity contribution in [1.29, 1.82) is 0 Å². The summed E-state index contributed by atoms with van der Waals surface area (Å²) in [7, 11) is 0. The maximum absolute atomic E-state index is 5.44. The molecule has 0 amide bonds. The molecule has 0 saturated heterocycles. The van der Waals surface area contributed by atoms with Crippen LogP contribution in [0.2, 0.25) is 0 Å². The Bertz CT molecular complexity index is 233. The lowest BCUT2D eigenvalue weighted by Gasteiger charge is -1.83. The van der Waals surface area contributed by atoms with Crippen LogP contribution in [0.4, 0.5) is 5.88 Å². The maximum atomic E-state index is 5.44. The molecule has 0 bridgehead atoms. The third-order valence-corrected chi connectivity index (χ3v) is 2.46. The number of aromatic nitrogens is 1. The summed E-state index contributed by atoms with van der Waals surface area (Å²) in [6.45, 7) is 0. The van der Waals surface area contributed by atoms with Gasteiger partial charge in [0, 0.05) is 12.2 Å². The molecule has 1 aliphatic heterocycles. The van der Waals surface area contributed by atoms with Crippen LogP contribution in [0.1, 0.15) is 5.69 Å². The zero-order valence-electron chi connectivity index (χ0n) is 4.76. The largest absolute Gasteiger partial charge is 0.367 e. The van der Waals surface area contributed by atoms with Crippen molar-refractivity contribution in [3.63, 3.8) is 0 Å². The first-order valence-electron chi connectivity index (χ1n) is 2.75. The molecule has 0 atom stereocenters. The molecule has 1 aromatic heterocycles. The van der Waals surface area contributed by atoms with Crippen LogP contribution in [-0.4, -0.2) is 10.9 Å². The number of nitrogens with two attached hydrogens (primary N) is 1. The minimum atomic E-state index is 0.479. The average Bonchev–Trinajstić information content (AvgIpc) is 2.35. The number of hydrogen-bond acceptors (Lipinski definition) is 4. The van der Waals surface area contributed by atoms with Crippen molar-refractivity contribution < 1.29 is 4.52 Å². The molecule has 2 heterocycles. The predicted octanol–water partition coefficient (Wildman–Crippen LogP) is 0.905. The van der Waals surface area contributed by atoms with E-state index < -0.39 is 0 Å². The number of aryl methyl sites for hydroxylation is 1. The predicted molar refractivity (Wildman–Crippen MR) is 35.3 cm³/mol. The lowest BCUT2D eigenvalue weighted by Crippen LogP contribution is -1.80. The summed E-state index contributed by atoms with van der Waals surface area (Å²) >= 11 is 1.72. The summed E-state index contributed by atoms with van der Waals surface area (Å²) in [6, 6.07) is 0. The number of fused-ring (bicyclic) bond motifs is 1. The van der Waals surface area contributed by atoms with Gasteiger partial charge in [-0.05, 0) is 0 Å². The Morgan fingerprint density at radius 1 is 1.67 bits per heavy atom. The first kappa shape index (κ1) is 5.17. The molecule has 2 rings (SSSR count). The van der Waals surface area contributed by atoms with Gasteiger partial charge in [-0.3, -0.25) is 0 Å². The highest BCUT2D eigenvalue weighted by molar-refractivity contribution is 7.99. The fourth-order valence-electron chi connectivity index (χ4n) is 0.893. The molecule has 0 unspecified atom stereocenters. The molecule has 0 fully saturated rings. The fraction of sp³-hybridized carbons (Fsp3) is 0.400. The Hall–Kier alpha value is -0.640. The van der Waals surface area contributed by atoms with E-state index in [1.54, 1.807) is 11.8 Å². The molecular weight excluding hydrogens is 136 g/mol. The second kappa shape index (κ2) is 1.67. The van der Waals surface area contributed by atoms with E-state index in [0.717, 1.165) is 22.8 Å². The molecule has 3 nitrogen and oxygen atoms in total. The third-order valence-electron chi connectivity index (χ3n) is 1.33. The van der Waals surface area contributed by atoms with Gasteiger partial charge in [-0.25, -0.2) is 0 Å². The number of rotatable bonds is 0. The molecule has 1 aromatic rings. The van der Waals surface area contributed by atoms with Gasteiger partial charge in [-0.15, -0.1) is 11.8 Å². The highest BCUT2D eigenvalue weighted by Gasteiger charge is 2.19. The molecular formula is C5H6N2OS. The van der Waals surface area contributed by atoms with Gasteiger partial charge < -0.3 is 10.3 Å². The monoisotopic (exact) mass is 142 g/mol. The lowest BCUT2D eigenvalue weighted by atomic mass is 10.3. The van der Waals surface area contributed by atoms with Crippen LogP contribution in [-0.2, 0) is 6.42 Å². The summed E-state index contributed by atoms with van der Waals surface area (Å²) in [5, 5.41) is 3.78. The first-order chi connectivity index (χ1) is 4.38. The van der Waals surface area contributed by atoms with E-state index >= 15 is 0 Å². The molecule has 0 aromatic carbocycles. The third kappa shape index (κ3) is 0.627. The van der Waals surface area contributed by atoms with E-state index in [0.29, 0.717) is 5.88 Å². The van der Waals surface area contributed by atoms with E-state index in [9.17, 15) is 0 Å². The van der Waals surface area contributed by atoms with Gasteiger partial charge in [0.15, 0.2) is 0 Å². The molecule has 0 aliphatic carbocycles. The Balaban J connectivity index is 2.56. The van der Waals surface area contributed by atoms with E-state index in [1.807, 2.05) is 0 Å². The summed E-state index contributed by atoms with van der Waals surface area (Å²) < 4.78 is 4.74. The summed E-state index contributed by atoms with van der Waals surface area (Å²) in [6.07, 6.45) is 1.00. The zero-order valence-corrected chi connectivity index (χ0v) is 5.57. The van der Waals surface area contributed by atoms with Crippen molar-refractivity contribution in [3.8, 4) is 0 Å². The number of nitrogen functional groups attached to an aromatic ring is 1. The molecule has 1 aliphatic rings. The van der Waals surface area contributed by atoms with Crippen molar-refractivity contribution in [2.45, 2.75) is 11.3 Å². The quantitative estimate of drug-likeness (QED) is 0.584. The van der Waals surface area contributed by atoms with Crippen LogP contribution in [0.25, 0.3) is 0 Å².